The van der Waals surface area contributed by atoms with E-state index in [1.165, 1.54) is 4.80 Å². The Labute approximate surface area is 148 Å². The van der Waals surface area contributed by atoms with Gasteiger partial charge in [0, 0.05) is 17.1 Å². The minimum absolute atomic E-state index is 0.306. The molecular weight excluding hydrogens is 330 g/mol. The normalized spacial score (nSPS) is 11.0. The lowest BCUT2D eigenvalue weighted by Crippen LogP contribution is -2.06. The molecule has 0 spiro atoms. The van der Waals surface area contributed by atoms with Crippen molar-refractivity contribution < 1.29 is 9.90 Å². The number of aliphatic hydroxyl groups is 1. The summed E-state index contributed by atoms with van der Waals surface area (Å²) in [5.41, 5.74) is 2.09. The number of carbonyl (C=O) groups is 1. The topological polar surface area (TPSA) is 93.8 Å². The van der Waals surface area contributed by atoms with Gasteiger partial charge in [-0.1, -0.05) is 48.5 Å². The Bertz CT molecular complexity index is 1070. The van der Waals surface area contributed by atoms with Gasteiger partial charge in [-0.15, -0.1) is 10.2 Å². The number of fused-ring (bicyclic) bond motifs is 1. The van der Waals surface area contributed by atoms with Crippen LogP contribution in [0.5, 0.6) is 0 Å². The molecule has 0 aliphatic carbocycles. The van der Waals surface area contributed by atoms with Gasteiger partial charge in [-0.2, -0.15) is 4.80 Å². The number of tetrazole rings is 1. The number of hydrogen-bond acceptors (Lipinski definition) is 6. The molecule has 128 valence electrons. The second kappa shape index (κ2) is 6.81. The molecule has 0 aliphatic heterocycles. The van der Waals surface area contributed by atoms with Gasteiger partial charge in [-0.25, -0.2) is 0 Å². The molecule has 26 heavy (non-hydrogen) atoms. The van der Waals surface area contributed by atoms with E-state index in [0.717, 1.165) is 16.3 Å². The van der Waals surface area contributed by atoms with Crippen LogP contribution in [0.3, 0.4) is 0 Å². The number of hydrogen-bond donors (Lipinski definition) is 1. The van der Waals surface area contributed by atoms with Gasteiger partial charge in [0.1, 0.15) is 12.3 Å². The summed E-state index contributed by atoms with van der Waals surface area (Å²) < 4.78 is 0. The van der Waals surface area contributed by atoms with Crippen LogP contribution in [0.1, 0.15) is 15.9 Å². The number of aliphatic hydroxyl groups excluding tert-OH is 1. The fourth-order valence-electron chi connectivity index (χ4n) is 2.75. The first-order chi connectivity index (χ1) is 12.7. The molecule has 0 bridgehead atoms. The van der Waals surface area contributed by atoms with E-state index in [1.54, 1.807) is 18.3 Å². The highest BCUT2D eigenvalue weighted by Crippen LogP contribution is 2.23. The standard InChI is InChI=1S/C19H15N5O2/c25-12-17(26)15-7-5-13(6-8-15)11-24-22-19(21-23-24)18-16-4-2-1-3-14(16)9-10-20-18/h1-10,25H,11-12H2. The molecule has 0 saturated carbocycles. The third kappa shape index (κ3) is 3.07. The second-order valence-corrected chi connectivity index (χ2v) is 5.80. The van der Waals surface area contributed by atoms with Gasteiger partial charge in [-0.05, 0) is 22.2 Å². The maximum Gasteiger partial charge on any atom is 0.223 e. The summed E-state index contributed by atoms with van der Waals surface area (Å²) in [4.78, 5) is 17.3. The number of benzene rings is 2. The van der Waals surface area contributed by atoms with E-state index in [4.69, 9.17) is 5.11 Å². The zero-order valence-electron chi connectivity index (χ0n) is 13.8. The summed E-state index contributed by atoms with van der Waals surface area (Å²) >= 11 is 0. The Morgan fingerprint density at radius 1 is 1.04 bits per heavy atom. The molecule has 4 aromatic rings. The molecule has 0 aliphatic rings. The maximum absolute atomic E-state index is 11.5. The summed E-state index contributed by atoms with van der Waals surface area (Å²) in [7, 11) is 0. The van der Waals surface area contributed by atoms with E-state index < -0.39 is 6.61 Å². The van der Waals surface area contributed by atoms with Crippen molar-refractivity contribution in [3.8, 4) is 11.5 Å². The van der Waals surface area contributed by atoms with Crippen molar-refractivity contribution in [3.05, 3.63) is 71.9 Å². The summed E-state index contributed by atoms with van der Waals surface area (Å²) in [5, 5.41) is 23.6. The molecular formula is C19H15N5O2. The van der Waals surface area contributed by atoms with Gasteiger partial charge in [0.15, 0.2) is 5.78 Å². The smallest absolute Gasteiger partial charge is 0.223 e. The summed E-state index contributed by atoms with van der Waals surface area (Å²) in [5.74, 6) is 0.161. The molecule has 2 heterocycles. The van der Waals surface area contributed by atoms with Crippen LogP contribution in [0.4, 0.5) is 0 Å². The molecule has 0 saturated heterocycles. The predicted molar refractivity (Wildman–Crippen MR) is 95.5 cm³/mol. The van der Waals surface area contributed by atoms with Crippen LogP contribution in [0.15, 0.2) is 60.8 Å². The van der Waals surface area contributed by atoms with Crippen molar-refractivity contribution in [2.24, 2.45) is 0 Å². The molecule has 4 rings (SSSR count). The monoisotopic (exact) mass is 345 g/mol. The Morgan fingerprint density at radius 2 is 1.85 bits per heavy atom. The Morgan fingerprint density at radius 3 is 2.65 bits per heavy atom. The molecule has 0 radical (unpaired) electrons. The van der Waals surface area contributed by atoms with Gasteiger partial charge in [0.05, 0.1) is 6.54 Å². The van der Waals surface area contributed by atoms with Crippen LogP contribution in [-0.2, 0) is 6.54 Å². The lowest BCUT2D eigenvalue weighted by molar-refractivity contribution is 0.0903. The van der Waals surface area contributed by atoms with Crippen molar-refractivity contribution in [2.45, 2.75) is 6.54 Å². The maximum atomic E-state index is 11.5. The molecule has 1 N–H and O–H groups in total. The van der Waals surface area contributed by atoms with Gasteiger partial charge in [0.2, 0.25) is 5.82 Å². The van der Waals surface area contributed by atoms with Crippen LogP contribution in [0.2, 0.25) is 0 Å². The van der Waals surface area contributed by atoms with Gasteiger partial charge in [-0.3, -0.25) is 9.78 Å². The van der Waals surface area contributed by atoms with Crippen LogP contribution in [-0.4, -0.2) is 42.7 Å². The van der Waals surface area contributed by atoms with Gasteiger partial charge < -0.3 is 5.11 Å². The largest absolute Gasteiger partial charge is 0.388 e. The molecule has 7 heteroatoms. The number of Topliss-reactive ketones (excluding diaryl/α,β-unsaturated/α-hetero) is 1. The van der Waals surface area contributed by atoms with Crippen molar-refractivity contribution in [1.82, 2.24) is 25.2 Å². The van der Waals surface area contributed by atoms with Crippen LogP contribution in [0.25, 0.3) is 22.3 Å². The third-order valence-corrected chi connectivity index (χ3v) is 4.08. The zero-order valence-corrected chi connectivity index (χ0v) is 13.8. The van der Waals surface area contributed by atoms with Crippen molar-refractivity contribution in [1.29, 1.82) is 0 Å². The number of rotatable bonds is 5. The van der Waals surface area contributed by atoms with E-state index in [2.05, 4.69) is 20.4 Å². The van der Waals surface area contributed by atoms with Crippen LogP contribution in [0, 0.1) is 0 Å². The first-order valence-electron chi connectivity index (χ1n) is 8.09. The summed E-state index contributed by atoms with van der Waals surface area (Å²) in [6.45, 7) is -0.0727. The quantitative estimate of drug-likeness (QED) is 0.557. The van der Waals surface area contributed by atoms with Crippen LogP contribution < -0.4 is 0 Å². The first kappa shape index (κ1) is 16.0. The first-order valence-corrected chi connectivity index (χ1v) is 8.09. The van der Waals surface area contributed by atoms with E-state index in [9.17, 15) is 4.79 Å². The SMILES string of the molecule is O=C(CO)c1ccc(Cn2nnc(-c3nccc4ccccc34)n2)cc1. The Balaban J connectivity index is 1.59. The average Bonchev–Trinajstić information content (AvgIpc) is 3.15. The van der Waals surface area contributed by atoms with Gasteiger partial charge in [0.25, 0.3) is 0 Å². The highest BCUT2D eigenvalue weighted by atomic mass is 16.3. The number of carbonyl (C=O) groups excluding carboxylic acids is 1. The summed E-state index contributed by atoms with van der Waals surface area (Å²) in [6, 6.07) is 16.8. The van der Waals surface area contributed by atoms with E-state index in [-0.39, 0.29) is 5.78 Å². The lowest BCUT2D eigenvalue weighted by atomic mass is 10.1. The minimum atomic E-state index is -0.495. The zero-order chi connectivity index (χ0) is 17.9. The van der Waals surface area contributed by atoms with Crippen molar-refractivity contribution >= 4 is 16.6 Å². The molecule has 0 amide bonds. The molecule has 2 aromatic carbocycles. The van der Waals surface area contributed by atoms with E-state index >= 15 is 0 Å². The molecule has 2 aromatic heterocycles. The van der Waals surface area contributed by atoms with Crippen molar-refractivity contribution in [3.63, 3.8) is 0 Å². The van der Waals surface area contributed by atoms with Crippen LogP contribution >= 0.6 is 0 Å². The Hall–Kier alpha value is -3.45. The molecule has 0 atom stereocenters. The number of pyridine rings is 1. The third-order valence-electron chi connectivity index (χ3n) is 4.08. The fourth-order valence-corrected chi connectivity index (χ4v) is 2.75. The lowest BCUT2D eigenvalue weighted by Gasteiger charge is -2.02. The summed E-state index contributed by atoms with van der Waals surface area (Å²) in [6.07, 6.45) is 1.73. The number of ketones is 1. The average molecular weight is 345 g/mol. The number of nitrogens with zero attached hydrogens (tertiary/aromatic N) is 5. The molecule has 0 unspecified atom stereocenters. The highest BCUT2D eigenvalue weighted by Gasteiger charge is 2.11. The number of aromatic nitrogens is 5. The molecule has 0 fully saturated rings. The van der Waals surface area contributed by atoms with Gasteiger partial charge >= 0.3 is 0 Å². The van der Waals surface area contributed by atoms with Crippen molar-refractivity contribution in [2.75, 3.05) is 6.61 Å². The second-order valence-electron chi connectivity index (χ2n) is 5.80. The van der Waals surface area contributed by atoms with E-state index in [1.807, 2.05) is 42.5 Å². The molecule has 7 nitrogen and oxygen atoms in total. The highest BCUT2D eigenvalue weighted by molar-refractivity contribution is 5.96. The van der Waals surface area contributed by atoms with E-state index in [0.29, 0.717) is 23.6 Å². The predicted octanol–water partition coefficient (Wildman–Crippen LogP) is 2.11. The minimum Gasteiger partial charge on any atom is -0.388 e. The fraction of sp³-hybridized carbons (Fsp3) is 0.105. The Kier molecular flexibility index (Phi) is 4.20.